The van der Waals surface area contributed by atoms with E-state index in [4.69, 9.17) is 0 Å². The van der Waals surface area contributed by atoms with Crippen LogP contribution in [0.25, 0.3) is 10.9 Å². The number of aromatic nitrogens is 1. The SMILES string of the molecule is CC[C@H](C)[C@H](NC(=O)[C@H]([C@@H](C)CC)N(C)C(=O)[C@H](CC(=O)O)NC(=O)[C@H](CC(C)C)NC(=O)[C@H](NC(C)=O)C1c2ccccc2CCc2ccccc21)C(=O)N[C@@H](Cc1c[nH]c2ccccc12)C(=O)O. The number of amides is 6. The second kappa shape index (κ2) is 24.5. The van der Waals surface area contributed by atoms with E-state index in [1.165, 1.54) is 14.0 Å². The highest BCUT2D eigenvalue weighted by Crippen LogP contribution is 2.37. The van der Waals surface area contributed by atoms with E-state index in [1.807, 2.05) is 93.6 Å². The van der Waals surface area contributed by atoms with Crippen LogP contribution in [-0.2, 0) is 57.6 Å². The predicted molar refractivity (Wildman–Crippen MR) is 264 cm³/mol. The van der Waals surface area contributed by atoms with Crippen LogP contribution in [0.15, 0.2) is 79.0 Å². The van der Waals surface area contributed by atoms with Gasteiger partial charge in [0, 0.05) is 43.4 Å². The molecule has 0 saturated heterocycles. The first kappa shape index (κ1) is 53.9. The summed E-state index contributed by atoms with van der Waals surface area (Å²) in [6.45, 7) is 12.0. The number of carbonyl (C=O) groups is 8. The molecule has 17 nitrogen and oxygen atoms in total. The average molecular weight is 964 g/mol. The van der Waals surface area contributed by atoms with E-state index < -0.39 is 108 Å². The van der Waals surface area contributed by atoms with Gasteiger partial charge >= 0.3 is 11.9 Å². The summed E-state index contributed by atoms with van der Waals surface area (Å²) in [5.74, 6) is -8.94. The van der Waals surface area contributed by atoms with E-state index in [2.05, 4.69) is 31.6 Å². The summed E-state index contributed by atoms with van der Waals surface area (Å²) in [6.07, 6.45) is 3.03. The van der Waals surface area contributed by atoms with Gasteiger partial charge in [-0.15, -0.1) is 0 Å². The first-order valence-electron chi connectivity index (χ1n) is 24.2. The van der Waals surface area contributed by atoms with Crippen LogP contribution in [0.2, 0.25) is 0 Å². The van der Waals surface area contributed by atoms with Crippen molar-refractivity contribution in [2.75, 3.05) is 7.05 Å². The molecule has 0 radical (unpaired) electrons. The van der Waals surface area contributed by atoms with E-state index in [0.717, 1.165) is 38.1 Å². The first-order chi connectivity index (χ1) is 33.2. The molecule has 1 aliphatic carbocycles. The van der Waals surface area contributed by atoms with Gasteiger partial charge in [0.05, 0.1) is 6.42 Å². The summed E-state index contributed by atoms with van der Waals surface area (Å²) < 4.78 is 0. The predicted octanol–water partition coefficient (Wildman–Crippen LogP) is 4.61. The Balaban J connectivity index is 1.38. The number of carbonyl (C=O) groups excluding carboxylic acids is 6. The third-order valence-electron chi connectivity index (χ3n) is 13.5. The zero-order valence-electron chi connectivity index (χ0n) is 41.3. The second-order valence-corrected chi connectivity index (χ2v) is 19.0. The minimum Gasteiger partial charge on any atom is -0.481 e. The normalized spacial score (nSPS) is 15.8. The molecule has 6 amide bonds. The number of nitrogens with one attached hydrogen (secondary N) is 6. The lowest BCUT2D eigenvalue weighted by Gasteiger charge is -2.36. The average Bonchev–Trinajstić information content (AvgIpc) is 3.65. The number of hydrogen-bond donors (Lipinski definition) is 8. The maximum atomic E-state index is 14.6. The molecular formula is C53H69N7O10. The molecule has 1 aliphatic rings. The lowest BCUT2D eigenvalue weighted by Crippen LogP contribution is -2.62. The Bertz CT molecular complexity index is 2490. The Morgan fingerprint density at radius 1 is 0.671 bits per heavy atom. The number of benzene rings is 3. The van der Waals surface area contributed by atoms with Crippen LogP contribution in [0, 0.1) is 17.8 Å². The van der Waals surface area contributed by atoms with Crippen LogP contribution in [0.1, 0.15) is 108 Å². The van der Waals surface area contributed by atoms with Crippen molar-refractivity contribution in [3.8, 4) is 0 Å². The van der Waals surface area contributed by atoms with Crippen molar-refractivity contribution in [2.45, 2.75) is 136 Å². The molecule has 0 aliphatic heterocycles. The number of aryl methyl sites for hydroxylation is 2. The van der Waals surface area contributed by atoms with Crippen LogP contribution in [0.4, 0.5) is 0 Å². The highest BCUT2D eigenvalue weighted by molar-refractivity contribution is 5.98. The number of carboxylic acid groups (broad SMARTS) is 2. The van der Waals surface area contributed by atoms with Crippen molar-refractivity contribution in [2.24, 2.45) is 17.8 Å². The molecule has 1 heterocycles. The number of para-hydroxylation sites is 1. The number of aliphatic carboxylic acids is 2. The molecule has 8 atom stereocenters. The summed E-state index contributed by atoms with van der Waals surface area (Å²) >= 11 is 0. The van der Waals surface area contributed by atoms with Crippen molar-refractivity contribution in [1.82, 2.24) is 36.5 Å². The number of likely N-dealkylation sites (N-methyl/N-ethyl adjacent to an activating group) is 1. The maximum absolute atomic E-state index is 14.6. The second-order valence-electron chi connectivity index (χ2n) is 19.0. The number of H-pyrrole nitrogens is 1. The number of aromatic amines is 1. The zero-order chi connectivity index (χ0) is 51.4. The molecule has 0 spiro atoms. The largest absolute Gasteiger partial charge is 0.481 e. The Morgan fingerprint density at radius 3 is 1.79 bits per heavy atom. The van der Waals surface area contributed by atoms with Crippen LogP contribution >= 0.6 is 0 Å². The molecule has 0 fully saturated rings. The van der Waals surface area contributed by atoms with Crippen molar-refractivity contribution in [3.05, 3.63) is 107 Å². The molecule has 0 saturated carbocycles. The third-order valence-corrected chi connectivity index (χ3v) is 13.5. The van der Waals surface area contributed by atoms with Gasteiger partial charge in [-0.3, -0.25) is 33.6 Å². The molecular weight excluding hydrogens is 895 g/mol. The monoisotopic (exact) mass is 964 g/mol. The van der Waals surface area contributed by atoms with Crippen molar-refractivity contribution in [1.29, 1.82) is 0 Å². The fourth-order valence-electron chi connectivity index (χ4n) is 9.40. The molecule has 0 bridgehead atoms. The molecule has 70 heavy (non-hydrogen) atoms. The van der Waals surface area contributed by atoms with E-state index in [1.54, 1.807) is 27.0 Å². The highest BCUT2D eigenvalue weighted by atomic mass is 16.4. The van der Waals surface area contributed by atoms with Gasteiger partial charge in [-0.2, -0.15) is 0 Å². The number of fused-ring (bicyclic) bond motifs is 3. The van der Waals surface area contributed by atoms with Gasteiger partial charge in [0.2, 0.25) is 35.4 Å². The van der Waals surface area contributed by atoms with Gasteiger partial charge in [0.25, 0.3) is 0 Å². The summed E-state index contributed by atoms with van der Waals surface area (Å²) in [6, 6.07) is 14.7. The van der Waals surface area contributed by atoms with Gasteiger partial charge in [0.1, 0.15) is 36.3 Å². The van der Waals surface area contributed by atoms with E-state index in [-0.39, 0.29) is 18.8 Å². The molecule has 17 heteroatoms. The summed E-state index contributed by atoms with van der Waals surface area (Å²) in [4.78, 5) is 114. The van der Waals surface area contributed by atoms with Crippen molar-refractivity contribution < 1.29 is 48.6 Å². The first-order valence-corrected chi connectivity index (χ1v) is 24.2. The topological polar surface area (TPSA) is 256 Å². The standard InChI is InChI=1S/C53H69N7O10/c1-9-30(5)45(49(65)58-42(53(69)70)26-35-28-54-39-22-16-15-19-36(35)39)59-51(67)47(31(6)10-2)60(8)52(68)41(27-43(62)63)57-48(64)40(25-29(3)4)56-50(66)46(55-32(7)61)44-37-20-13-11-17-33(37)23-24-34-18-12-14-21-38(34)44/h11-22,28-31,40-42,44-47,54H,9-10,23-27H2,1-8H3,(H,55,61)(H,56,66)(H,57,64)(H,58,65)(H,59,67)(H,62,63)(H,69,70)/t30-,31-,40-,41-,42-,45-,46+,47-/m0/s1. The lowest BCUT2D eigenvalue weighted by molar-refractivity contribution is -0.148. The molecule has 1 aromatic heterocycles. The van der Waals surface area contributed by atoms with Crippen molar-refractivity contribution >= 4 is 58.3 Å². The molecule has 5 rings (SSSR count). The summed E-state index contributed by atoms with van der Waals surface area (Å²) in [7, 11) is 1.31. The van der Waals surface area contributed by atoms with Crippen LogP contribution in [0.3, 0.4) is 0 Å². The van der Waals surface area contributed by atoms with Gasteiger partial charge < -0.3 is 46.7 Å². The fraction of sp³-hybridized carbons (Fsp3) is 0.472. The number of hydrogen-bond acceptors (Lipinski definition) is 8. The molecule has 8 N–H and O–H groups in total. The van der Waals surface area contributed by atoms with Gasteiger partial charge in [-0.1, -0.05) is 121 Å². The Kier molecular flexibility index (Phi) is 18.9. The highest BCUT2D eigenvalue weighted by Gasteiger charge is 2.41. The van der Waals surface area contributed by atoms with E-state index >= 15 is 0 Å². The third kappa shape index (κ3) is 13.4. The molecule has 4 aromatic rings. The molecule has 0 unspecified atom stereocenters. The Labute approximate surface area is 409 Å². The van der Waals surface area contributed by atoms with E-state index in [9.17, 15) is 48.6 Å². The Morgan fingerprint density at radius 2 is 1.23 bits per heavy atom. The smallest absolute Gasteiger partial charge is 0.326 e. The Hall–Kier alpha value is -7.04. The van der Waals surface area contributed by atoms with Gasteiger partial charge in [0.15, 0.2) is 0 Å². The minimum absolute atomic E-state index is 0.0448. The van der Waals surface area contributed by atoms with Gasteiger partial charge in [-0.05, 0) is 70.9 Å². The van der Waals surface area contributed by atoms with Crippen LogP contribution < -0.4 is 26.6 Å². The molecule has 3 aromatic carbocycles. The molecule has 376 valence electrons. The van der Waals surface area contributed by atoms with E-state index in [0.29, 0.717) is 31.2 Å². The lowest BCUT2D eigenvalue weighted by atomic mass is 9.82. The minimum atomic E-state index is -1.71. The van der Waals surface area contributed by atoms with Crippen molar-refractivity contribution in [3.63, 3.8) is 0 Å². The quantitative estimate of drug-likeness (QED) is 0.0512. The summed E-state index contributed by atoms with van der Waals surface area (Å²) in [5, 5.41) is 34.7. The number of carboxylic acids is 2. The van der Waals surface area contributed by atoms with Crippen LogP contribution in [0.5, 0.6) is 0 Å². The van der Waals surface area contributed by atoms with Gasteiger partial charge in [-0.25, -0.2) is 4.79 Å². The summed E-state index contributed by atoms with van der Waals surface area (Å²) in [5.41, 5.74) is 5.19. The number of nitrogens with zero attached hydrogens (tertiary/aromatic N) is 1. The van der Waals surface area contributed by atoms with Crippen LogP contribution in [-0.4, -0.2) is 111 Å². The zero-order valence-corrected chi connectivity index (χ0v) is 41.3. The fourth-order valence-corrected chi connectivity index (χ4v) is 9.40. The number of rotatable bonds is 23. The maximum Gasteiger partial charge on any atom is 0.326 e.